The van der Waals surface area contributed by atoms with Crippen molar-refractivity contribution in [2.24, 2.45) is 5.92 Å². The van der Waals surface area contributed by atoms with Crippen LogP contribution in [0.2, 0.25) is 0 Å². The third-order valence-electron chi connectivity index (χ3n) is 7.99. The molecule has 0 bridgehead atoms. The number of allylic oxidation sites excluding steroid dienone is 4. The number of aromatic nitrogens is 5. The molecule has 218 valence electrons. The molecule has 0 saturated carbocycles. The van der Waals surface area contributed by atoms with E-state index in [1.807, 2.05) is 31.6 Å². The van der Waals surface area contributed by atoms with Crippen LogP contribution in [0.3, 0.4) is 0 Å². The second-order valence-electron chi connectivity index (χ2n) is 11.3. The molecule has 1 saturated heterocycles. The number of anilines is 1. The largest absolute Gasteiger partial charge is 0.358 e. The molecule has 0 radical (unpaired) electrons. The molecule has 43 heavy (non-hydrogen) atoms. The summed E-state index contributed by atoms with van der Waals surface area (Å²) in [5.41, 5.74) is 8.79. The van der Waals surface area contributed by atoms with Gasteiger partial charge in [-0.25, -0.2) is 4.98 Å². The normalized spacial score (nSPS) is 14.8. The Labute approximate surface area is 255 Å². The van der Waals surface area contributed by atoms with Gasteiger partial charge in [0.15, 0.2) is 0 Å². The molecule has 1 aliphatic rings. The fraction of sp³-hybridized carbons (Fsp3) is 0.229. The van der Waals surface area contributed by atoms with E-state index in [-0.39, 0.29) is 0 Å². The number of aromatic amines is 2. The molecule has 5 aromatic heterocycles. The molecule has 0 atom stereocenters. The molecule has 0 aliphatic carbocycles. The predicted molar refractivity (Wildman–Crippen MR) is 182 cm³/mol. The van der Waals surface area contributed by atoms with Gasteiger partial charge in [-0.05, 0) is 105 Å². The summed E-state index contributed by atoms with van der Waals surface area (Å²) in [7, 11) is 0. The van der Waals surface area contributed by atoms with Gasteiger partial charge in [-0.3, -0.25) is 10.1 Å². The van der Waals surface area contributed by atoms with Gasteiger partial charge in [0.1, 0.15) is 11.3 Å². The summed E-state index contributed by atoms with van der Waals surface area (Å²) in [4.78, 5) is 14.9. The number of pyridine rings is 2. The average molecular weight is 588 g/mol. The second-order valence-corrected chi connectivity index (χ2v) is 12.4. The van der Waals surface area contributed by atoms with Gasteiger partial charge in [0, 0.05) is 44.0 Å². The summed E-state index contributed by atoms with van der Waals surface area (Å²) >= 11 is 1.74. The maximum absolute atomic E-state index is 4.60. The van der Waals surface area contributed by atoms with Crippen molar-refractivity contribution in [2.45, 2.75) is 33.1 Å². The van der Waals surface area contributed by atoms with Crippen molar-refractivity contribution in [3.63, 3.8) is 0 Å². The smallest absolute Gasteiger partial charge is 0.138 e. The number of hydrogen-bond acceptors (Lipinski definition) is 6. The van der Waals surface area contributed by atoms with E-state index in [1.54, 1.807) is 11.3 Å². The van der Waals surface area contributed by atoms with Crippen LogP contribution >= 0.6 is 11.3 Å². The molecule has 7 nitrogen and oxygen atoms in total. The number of rotatable bonds is 9. The SMILES string of the molecule is C=C(CC1CCNCC1)Nc1cncc(/C(C)=C/C=c2/[nH]nc(-c3cc4c(-c5ccc(C(=C)C)s5)ccnc4[nH]3)c2=C)c1. The van der Waals surface area contributed by atoms with Gasteiger partial charge in [-0.15, -0.1) is 11.3 Å². The lowest BCUT2D eigenvalue weighted by molar-refractivity contribution is 0.373. The predicted octanol–water partition coefficient (Wildman–Crippen LogP) is 6.72. The van der Waals surface area contributed by atoms with Crippen LogP contribution < -0.4 is 21.2 Å². The minimum atomic E-state index is 0.684. The van der Waals surface area contributed by atoms with Gasteiger partial charge in [0.25, 0.3) is 0 Å². The van der Waals surface area contributed by atoms with E-state index in [0.717, 1.165) is 86.2 Å². The Morgan fingerprint density at radius 2 is 1.95 bits per heavy atom. The molecular formula is C35H37N7S. The van der Waals surface area contributed by atoms with Crippen molar-refractivity contribution in [3.8, 4) is 21.8 Å². The van der Waals surface area contributed by atoms with Gasteiger partial charge < -0.3 is 15.6 Å². The van der Waals surface area contributed by atoms with Crippen LogP contribution in [0.25, 0.3) is 56.7 Å². The third-order valence-corrected chi connectivity index (χ3v) is 9.27. The zero-order valence-corrected chi connectivity index (χ0v) is 25.6. The topological polar surface area (TPSA) is 94.3 Å². The first-order valence-corrected chi connectivity index (χ1v) is 15.4. The van der Waals surface area contributed by atoms with Crippen LogP contribution in [-0.2, 0) is 0 Å². The van der Waals surface area contributed by atoms with E-state index >= 15 is 0 Å². The first-order valence-electron chi connectivity index (χ1n) is 14.6. The molecule has 6 heterocycles. The Balaban J connectivity index is 1.21. The molecule has 0 spiro atoms. The van der Waals surface area contributed by atoms with E-state index in [2.05, 4.69) is 98.9 Å². The van der Waals surface area contributed by atoms with Gasteiger partial charge in [0.2, 0.25) is 0 Å². The molecule has 4 N–H and O–H groups in total. The van der Waals surface area contributed by atoms with Crippen molar-refractivity contribution >= 4 is 51.9 Å². The highest BCUT2D eigenvalue weighted by Crippen LogP contribution is 2.36. The minimum Gasteiger partial charge on any atom is -0.358 e. The van der Waals surface area contributed by atoms with Gasteiger partial charge in [0.05, 0.1) is 22.9 Å². The van der Waals surface area contributed by atoms with E-state index in [9.17, 15) is 0 Å². The molecule has 0 amide bonds. The zero-order chi connectivity index (χ0) is 29.9. The Morgan fingerprint density at radius 3 is 2.74 bits per heavy atom. The monoisotopic (exact) mass is 587 g/mol. The van der Waals surface area contributed by atoms with Crippen LogP contribution in [0.15, 0.2) is 73.9 Å². The summed E-state index contributed by atoms with van der Waals surface area (Å²) in [5, 5.41) is 17.4. The van der Waals surface area contributed by atoms with Crippen molar-refractivity contribution in [2.75, 3.05) is 18.4 Å². The number of nitrogens with zero attached hydrogens (tertiary/aromatic N) is 3. The molecule has 5 aromatic rings. The summed E-state index contributed by atoms with van der Waals surface area (Å²) in [6.07, 6.45) is 13.0. The summed E-state index contributed by atoms with van der Waals surface area (Å²) in [5.74, 6) is 0.684. The van der Waals surface area contributed by atoms with Crippen molar-refractivity contribution in [3.05, 3.63) is 94.9 Å². The zero-order valence-electron chi connectivity index (χ0n) is 24.8. The highest BCUT2D eigenvalue weighted by Gasteiger charge is 2.15. The fourth-order valence-electron chi connectivity index (χ4n) is 5.54. The summed E-state index contributed by atoms with van der Waals surface area (Å²) < 4.78 is 0. The van der Waals surface area contributed by atoms with Crippen LogP contribution in [0.4, 0.5) is 5.69 Å². The van der Waals surface area contributed by atoms with E-state index in [0.29, 0.717) is 5.92 Å². The highest BCUT2D eigenvalue weighted by atomic mass is 32.1. The molecule has 0 unspecified atom stereocenters. The lowest BCUT2D eigenvalue weighted by Gasteiger charge is -2.23. The number of nitrogens with one attached hydrogen (secondary N) is 4. The third kappa shape index (κ3) is 6.30. The average Bonchev–Trinajstić information content (AvgIpc) is 3.75. The number of fused-ring (bicyclic) bond motifs is 1. The van der Waals surface area contributed by atoms with Crippen molar-refractivity contribution in [1.29, 1.82) is 0 Å². The van der Waals surface area contributed by atoms with Crippen LogP contribution in [0.5, 0.6) is 0 Å². The highest BCUT2D eigenvalue weighted by molar-refractivity contribution is 7.16. The Bertz CT molecular complexity index is 1950. The number of H-pyrrole nitrogens is 2. The molecule has 1 fully saturated rings. The summed E-state index contributed by atoms with van der Waals surface area (Å²) in [6.45, 7) is 19.0. The number of piperidine rings is 1. The van der Waals surface area contributed by atoms with Crippen LogP contribution in [0, 0.1) is 5.92 Å². The number of thiophene rings is 1. The van der Waals surface area contributed by atoms with Gasteiger partial charge in [-0.1, -0.05) is 25.8 Å². The maximum atomic E-state index is 4.60. The van der Waals surface area contributed by atoms with Gasteiger partial charge >= 0.3 is 0 Å². The lowest BCUT2D eigenvalue weighted by Crippen LogP contribution is -2.28. The Morgan fingerprint density at radius 1 is 1.12 bits per heavy atom. The molecule has 1 aliphatic heterocycles. The quantitative estimate of drug-likeness (QED) is 0.154. The van der Waals surface area contributed by atoms with Gasteiger partial charge in [-0.2, -0.15) is 5.10 Å². The standard InChI is InChI=1S/C35H37N7S/c1-21(2)32-8-9-33(43-32)28-12-15-38-35-29(28)18-31(40-35)34-24(5)30(41-42-34)7-6-22(3)26-17-27(20-37-19-26)39-23(4)16-25-10-13-36-14-11-25/h6-9,12,15,17-20,25,36,39,41H,1,4-5,10-11,13-14,16H2,2-3H3,(H,38,40)/b22-6+,30-7+. The number of hydrogen-bond donors (Lipinski definition) is 4. The van der Waals surface area contributed by atoms with E-state index in [1.165, 1.54) is 22.6 Å². The molecule has 8 heteroatoms. The van der Waals surface area contributed by atoms with E-state index < -0.39 is 0 Å². The minimum absolute atomic E-state index is 0.684. The van der Waals surface area contributed by atoms with E-state index in [4.69, 9.17) is 0 Å². The van der Waals surface area contributed by atoms with Crippen molar-refractivity contribution < 1.29 is 0 Å². The molecular weight excluding hydrogens is 551 g/mol. The Kier molecular flexibility index (Phi) is 8.22. The van der Waals surface area contributed by atoms with Crippen LogP contribution in [0.1, 0.15) is 43.6 Å². The summed E-state index contributed by atoms with van der Waals surface area (Å²) in [6, 6.07) is 10.5. The van der Waals surface area contributed by atoms with Crippen LogP contribution in [-0.4, -0.2) is 38.2 Å². The second kappa shape index (κ2) is 12.4. The maximum Gasteiger partial charge on any atom is 0.138 e. The molecule has 6 rings (SSSR count). The first-order chi connectivity index (χ1) is 20.9. The molecule has 0 aromatic carbocycles. The van der Waals surface area contributed by atoms with Crippen molar-refractivity contribution in [1.82, 2.24) is 30.5 Å². The lowest BCUT2D eigenvalue weighted by atomic mass is 9.93. The first kappa shape index (κ1) is 28.6. The Hall–Kier alpha value is -4.53. The fourth-order valence-corrected chi connectivity index (χ4v) is 6.51.